The average molecular weight is 571 g/mol. The summed E-state index contributed by atoms with van der Waals surface area (Å²) < 4.78 is 5.75. The van der Waals surface area contributed by atoms with Crippen molar-refractivity contribution in [3.63, 3.8) is 0 Å². The van der Waals surface area contributed by atoms with Crippen molar-refractivity contribution in [2.24, 2.45) is 0 Å². The van der Waals surface area contributed by atoms with Crippen molar-refractivity contribution in [1.29, 1.82) is 0 Å². The average Bonchev–Trinajstić information content (AvgIpc) is 3.34. The van der Waals surface area contributed by atoms with Crippen LogP contribution in [-0.2, 0) is 24.2 Å². The van der Waals surface area contributed by atoms with Crippen LogP contribution in [0.5, 0.6) is 11.5 Å². The first-order valence-electron chi connectivity index (χ1n) is 12.1. The first-order chi connectivity index (χ1) is 17.8. The predicted octanol–water partition coefficient (Wildman–Crippen LogP) is 6.91. The van der Waals surface area contributed by atoms with Gasteiger partial charge in [0.15, 0.2) is 4.34 Å². The van der Waals surface area contributed by atoms with E-state index in [1.165, 1.54) is 23.1 Å². The Kier molecular flexibility index (Phi) is 10.5. The fraction of sp³-hybridized carbons (Fsp3) is 0.286. The van der Waals surface area contributed by atoms with Crippen LogP contribution in [0.3, 0.4) is 0 Å². The Labute approximate surface area is 237 Å². The fourth-order valence-corrected chi connectivity index (χ4v) is 5.64. The molecule has 0 spiro atoms. The van der Waals surface area contributed by atoms with Gasteiger partial charge in [-0.05, 0) is 55.7 Å². The maximum absolute atomic E-state index is 11.5. The lowest BCUT2D eigenvalue weighted by molar-refractivity contribution is -0.138. The molecule has 1 N–H and O–H groups in total. The maximum atomic E-state index is 11.5. The molecule has 0 saturated carbocycles. The van der Waals surface area contributed by atoms with Crippen molar-refractivity contribution in [3.05, 3.63) is 89.2 Å². The smallest absolute Gasteiger partial charge is 0.319 e. The zero-order valence-corrected chi connectivity index (χ0v) is 24.0. The summed E-state index contributed by atoms with van der Waals surface area (Å²) in [7, 11) is 0. The highest BCUT2D eigenvalue weighted by Crippen LogP contribution is 2.34. The first-order valence-corrected chi connectivity index (χ1v) is 13.8. The molecule has 0 aliphatic carbocycles. The highest BCUT2D eigenvalue weighted by Gasteiger charge is 2.29. The number of aryl methyl sites for hydroxylation is 1. The summed E-state index contributed by atoms with van der Waals surface area (Å²) >= 11 is 2.75. The number of carbonyl (C=O) groups is 1. The number of hydrogen-bond donors (Lipinski definition) is 1. The van der Waals surface area contributed by atoms with Gasteiger partial charge in [-0.25, -0.2) is 15.0 Å². The lowest BCUT2D eigenvalue weighted by Crippen LogP contribution is -2.27. The van der Waals surface area contributed by atoms with Gasteiger partial charge >= 0.3 is 5.97 Å². The number of carboxylic acid groups (broad SMARTS) is 1. The van der Waals surface area contributed by atoms with Gasteiger partial charge in [0.1, 0.15) is 16.2 Å². The summed E-state index contributed by atoms with van der Waals surface area (Å²) in [4.78, 5) is 27.5. The van der Waals surface area contributed by atoms with Gasteiger partial charge in [-0.3, -0.25) is 4.79 Å². The van der Waals surface area contributed by atoms with Gasteiger partial charge in [-0.1, -0.05) is 49.0 Å². The van der Waals surface area contributed by atoms with Gasteiger partial charge in [-0.15, -0.1) is 23.7 Å². The number of carboxylic acids is 1. The van der Waals surface area contributed by atoms with Gasteiger partial charge in [0.2, 0.25) is 5.95 Å². The Morgan fingerprint density at radius 1 is 1.03 bits per heavy atom. The molecule has 4 aromatic rings. The van der Waals surface area contributed by atoms with Crippen molar-refractivity contribution < 1.29 is 14.6 Å². The summed E-state index contributed by atoms with van der Waals surface area (Å²) in [5.74, 6) is 1.39. The number of benzene rings is 2. The summed E-state index contributed by atoms with van der Waals surface area (Å²) in [6.07, 6.45) is 5.32. The molecular formula is C28H31ClN4O3S2. The number of thiazole rings is 1. The highest BCUT2D eigenvalue weighted by molar-refractivity contribution is 8.03. The van der Waals surface area contributed by atoms with Crippen LogP contribution in [0.2, 0.25) is 0 Å². The van der Waals surface area contributed by atoms with E-state index in [0.717, 1.165) is 39.1 Å². The lowest BCUT2D eigenvalue weighted by Gasteiger charge is -2.22. The number of hydrogen-bond acceptors (Lipinski definition) is 8. The summed E-state index contributed by atoms with van der Waals surface area (Å²) in [5, 5.41) is 11.4. The van der Waals surface area contributed by atoms with Crippen LogP contribution >= 0.6 is 35.5 Å². The molecule has 0 aliphatic heterocycles. The van der Waals surface area contributed by atoms with Crippen LogP contribution in [0, 0.1) is 0 Å². The summed E-state index contributed by atoms with van der Waals surface area (Å²) in [6.45, 7) is 6.77. The van der Waals surface area contributed by atoms with E-state index in [0.29, 0.717) is 25.5 Å². The van der Waals surface area contributed by atoms with Crippen molar-refractivity contribution in [3.8, 4) is 11.5 Å². The van der Waals surface area contributed by atoms with Crippen molar-refractivity contribution in [1.82, 2.24) is 15.0 Å². The summed E-state index contributed by atoms with van der Waals surface area (Å²) in [6, 6.07) is 17.8. The zero-order valence-electron chi connectivity index (χ0n) is 21.5. The van der Waals surface area contributed by atoms with E-state index in [1.807, 2.05) is 60.2 Å². The van der Waals surface area contributed by atoms with E-state index in [-0.39, 0.29) is 12.4 Å². The van der Waals surface area contributed by atoms with Crippen molar-refractivity contribution in [2.45, 2.75) is 49.2 Å². The number of halogens is 1. The third-order valence-corrected chi connectivity index (χ3v) is 7.86. The molecule has 38 heavy (non-hydrogen) atoms. The number of thioether (sulfide) groups is 1. The molecule has 0 amide bonds. The molecule has 0 saturated heterocycles. The van der Waals surface area contributed by atoms with Crippen LogP contribution in [-0.4, -0.2) is 37.3 Å². The molecule has 0 radical (unpaired) electrons. The van der Waals surface area contributed by atoms with Gasteiger partial charge < -0.3 is 14.7 Å². The third-order valence-electron chi connectivity index (χ3n) is 5.68. The second kappa shape index (κ2) is 13.6. The minimum absolute atomic E-state index is 0. The first kappa shape index (κ1) is 29.4. The Balaban J connectivity index is 0.00000400. The van der Waals surface area contributed by atoms with Gasteiger partial charge in [-0.2, -0.15) is 0 Å². The molecule has 2 heterocycles. The normalized spacial score (nSPS) is 11.0. The molecule has 0 aliphatic rings. The second-order valence-electron chi connectivity index (χ2n) is 9.00. The summed E-state index contributed by atoms with van der Waals surface area (Å²) in [5.41, 5.74) is 3.13. The van der Waals surface area contributed by atoms with E-state index in [9.17, 15) is 9.90 Å². The van der Waals surface area contributed by atoms with Crippen LogP contribution in [0.1, 0.15) is 37.6 Å². The quantitative estimate of drug-likeness (QED) is 0.184. The minimum Gasteiger partial charge on any atom is -0.480 e. The number of nitrogens with zero attached hydrogens (tertiary/aromatic N) is 4. The SMILES string of the molecule is CCc1cnc(N(CCc2csc(SC(C)(C)C(=O)O)n2)Cc2ccc(Oc3ccccc3)cc2)nc1.Cl. The standard InChI is InChI=1S/C28H30N4O3S2.ClH/c1-4-20-16-29-26(30-17-20)32(15-14-22-19-36-27(31-22)37-28(2,3)25(33)34)18-21-10-12-24(13-11-21)35-23-8-6-5-7-9-23;/h5-13,16-17,19H,4,14-15,18H2,1-3H3,(H,33,34);1H. The number of ether oxygens (including phenoxy) is 1. The Bertz CT molecular complexity index is 1300. The molecule has 2 aromatic carbocycles. The number of aliphatic carboxylic acids is 1. The van der Waals surface area contributed by atoms with E-state index >= 15 is 0 Å². The van der Waals surface area contributed by atoms with Crippen LogP contribution in [0.15, 0.2) is 76.7 Å². The Morgan fingerprint density at radius 2 is 1.68 bits per heavy atom. The van der Waals surface area contributed by atoms with Gasteiger partial charge in [0.05, 0.1) is 5.69 Å². The van der Waals surface area contributed by atoms with Crippen LogP contribution in [0.25, 0.3) is 0 Å². The number of para-hydroxylation sites is 1. The molecule has 2 aromatic heterocycles. The van der Waals surface area contributed by atoms with E-state index in [2.05, 4.69) is 38.9 Å². The fourth-order valence-electron chi connectivity index (χ4n) is 3.41. The van der Waals surface area contributed by atoms with Crippen LogP contribution in [0.4, 0.5) is 5.95 Å². The molecule has 0 fully saturated rings. The molecule has 10 heteroatoms. The van der Waals surface area contributed by atoms with E-state index < -0.39 is 10.7 Å². The topological polar surface area (TPSA) is 88.4 Å². The van der Waals surface area contributed by atoms with Crippen molar-refractivity contribution >= 4 is 47.4 Å². The maximum Gasteiger partial charge on any atom is 0.319 e. The molecular weight excluding hydrogens is 540 g/mol. The van der Waals surface area contributed by atoms with E-state index in [4.69, 9.17) is 4.74 Å². The molecule has 0 unspecified atom stereocenters. The third kappa shape index (κ3) is 8.18. The van der Waals surface area contributed by atoms with Crippen molar-refractivity contribution in [2.75, 3.05) is 11.4 Å². The predicted molar refractivity (Wildman–Crippen MR) is 156 cm³/mol. The van der Waals surface area contributed by atoms with Crippen LogP contribution < -0.4 is 9.64 Å². The molecule has 0 atom stereocenters. The molecule has 7 nitrogen and oxygen atoms in total. The number of anilines is 1. The lowest BCUT2D eigenvalue weighted by atomic mass is 10.2. The molecule has 0 bridgehead atoms. The number of aromatic nitrogens is 3. The monoisotopic (exact) mass is 570 g/mol. The largest absolute Gasteiger partial charge is 0.480 e. The highest BCUT2D eigenvalue weighted by atomic mass is 35.5. The van der Waals surface area contributed by atoms with Gasteiger partial charge in [0, 0.05) is 37.3 Å². The second-order valence-corrected chi connectivity index (χ2v) is 11.7. The van der Waals surface area contributed by atoms with E-state index in [1.54, 1.807) is 13.8 Å². The minimum atomic E-state index is -0.924. The zero-order chi connectivity index (χ0) is 26.3. The number of rotatable bonds is 12. The van der Waals surface area contributed by atoms with Gasteiger partial charge in [0.25, 0.3) is 0 Å². The Morgan fingerprint density at radius 3 is 2.32 bits per heavy atom. The molecule has 4 rings (SSSR count). The Hall–Kier alpha value is -3.14. The molecule has 200 valence electrons.